The van der Waals surface area contributed by atoms with Crippen LogP contribution in [0.1, 0.15) is 28.1 Å². The molecular formula is C23H20N2O4. The minimum absolute atomic E-state index is 0.0902. The summed E-state index contributed by atoms with van der Waals surface area (Å²) in [5, 5.41) is 0. The molecule has 1 aromatic heterocycles. The lowest BCUT2D eigenvalue weighted by Gasteiger charge is -2.27. The molecule has 2 aromatic carbocycles. The Morgan fingerprint density at radius 3 is 2.17 bits per heavy atom. The average molecular weight is 388 g/mol. The molecule has 0 radical (unpaired) electrons. The van der Waals surface area contributed by atoms with Crippen molar-refractivity contribution in [3.63, 3.8) is 0 Å². The van der Waals surface area contributed by atoms with Crippen LogP contribution in [-0.2, 0) is 9.59 Å². The summed E-state index contributed by atoms with van der Waals surface area (Å²) in [6.45, 7) is 3.87. The summed E-state index contributed by atoms with van der Waals surface area (Å²) in [7, 11) is 0. The molecule has 0 N–H and O–H groups in total. The van der Waals surface area contributed by atoms with E-state index in [1.54, 1.807) is 36.4 Å². The van der Waals surface area contributed by atoms with Crippen molar-refractivity contribution in [3.05, 3.63) is 83.8 Å². The number of imide groups is 1. The van der Waals surface area contributed by atoms with Crippen LogP contribution in [0.25, 0.3) is 0 Å². The molecule has 0 unspecified atom stereocenters. The van der Waals surface area contributed by atoms with E-state index in [1.807, 2.05) is 38.1 Å². The summed E-state index contributed by atoms with van der Waals surface area (Å²) >= 11 is 0. The highest BCUT2D eigenvalue weighted by atomic mass is 16.3. The van der Waals surface area contributed by atoms with Crippen LogP contribution in [0.3, 0.4) is 0 Å². The van der Waals surface area contributed by atoms with Crippen molar-refractivity contribution in [2.75, 3.05) is 9.80 Å². The second-order valence-corrected chi connectivity index (χ2v) is 7.11. The second kappa shape index (κ2) is 7.39. The molecule has 0 aliphatic carbocycles. The quantitative estimate of drug-likeness (QED) is 0.636. The topological polar surface area (TPSA) is 70.8 Å². The van der Waals surface area contributed by atoms with E-state index in [4.69, 9.17) is 4.42 Å². The Morgan fingerprint density at radius 1 is 0.966 bits per heavy atom. The molecule has 0 bridgehead atoms. The van der Waals surface area contributed by atoms with Crippen molar-refractivity contribution in [2.24, 2.45) is 0 Å². The Morgan fingerprint density at radius 2 is 1.59 bits per heavy atom. The van der Waals surface area contributed by atoms with Crippen LogP contribution in [-0.4, -0.2) is 23.8 Å². The van der Waals surface area contributed by atoms with Crippen molar-refractivity contribution >= 4 is 29.1 Å². The zero-order valence-electron chi connectivity index (χ0n) is 16.2. The number of amides is 3. The fourth-order valence-electron chi connectivity index (χ4n) is 3.45. The van der Waals surface area contributed by atoms with Gasteiger partial charge in [0.1, 0.15) is 6.04 Å². The van der Waals surface area contributed by atoms with E-state index >= 15 is 0 Å². The van der Waals surface area contributed by atoms with Gasteiger partial charge in [-0.05, 0) is 50.2 Å². The molecule has 1 atom stereocenters. The fourth-order valence-corrected chi connectivity index (χ4v) is 3.45. The van der Waals surface area contributed by atoms with Gasteiger partial charge in [-0.15, -0.1) is 0 Å². The van der Waals surface area contributed by atoms with Crippen LogP contribution < -0.4 is 9.80 Å². The first kappa shape index (κ1) is 18.7. The molecule has 0 saturated carbocycles. The van der Waals surface area contributed by atoms with Gasteiger partial charge in [0.2, 0.25) is 5.91 Å². The van der Waals surface area contributed by atoms with Crippen LogP contribution in [0.2, 0.25) is 0 Å². The lowest BCUT2D eigenvalue weighted by atomic mass is 10.1. The predicted octanol–water partition coefficient (Wildman–Crippen LogP) is 3.88. The number of rotatable bonds is 4. The third-order valence-corrected chi connectivity index (χ3v) is 4.99. The molecule has 2 heterocycles. The molecule has 0 spiro atoms. The molecule has 3 amide bonds. The molecule has 146 valence electrons. The molecule has 1 aliphatic heterocycles. The second-order valence-electron chi connectivity index (χ2n) is 7.11. The SMILES string of the molecule is Cc1ccc(N2C(=O)C[C@@H](N(C(=O)c3ccco3)c3ccc(C)cc3)C2=O)cc1. The smallest absolute Gasteiger partial charge is 0.294 e. The highest BCUT2D eigenvalue weighted by Gasteiger charge is 2.45. The summed E-state index contributed by atoms with van der Waals surface area (Å²) in [5.41, 5.74) is 3.09. The van der Waals surface area contributed by atoms with Crippen molar-refractivity contribution in [1.29, 1.82) is 0 Å². The Hall–Kier alpha value is -3.67. The normalized spacial score (nSPS) is 16.3. The largest absolute Gasteiger partial charge is 0.459 e. The van der Waals surface area contributed by atoms with E-state index < -0.39 is 17.9 Å². The van der Waals surface area contributed by atoms with Gasteiger partial charge in [-0.1, -0.05) is 35.4 Å². The minimum Gasteiger partial charge on any atom is -0.459 e. The Bertz CT molecular complexity index is 1050. The highest BCUT2D eigenvalue weighted by Crippen LogP contribution is 2.30. The van der Waals surface area contributed by atoms with Crippen LogP contribution in [0, 0.1) is 13.8 Å². The van der Waals surface area contributed by atoms with Gasteiger partial charge >= 0.3 is 0 Å². The number of hydrogen-bond acceptors (Lipinski definition) is 4. The first-order valence-corrected chi connectivity index (χ1v) is 9.33. The average Bonchev–Trinajstić information content (AvgIpc) is 3.34. The summed E-state index contributed by atoms with van der Waals surface area (Å²) in [4.78, 5) is 41.6. The lowest BCUT2D eigenvalue weighted by molar-refractivity contribution is -0.121. The Labute approximate surface area is 168 Å². The lowest BCUT2D eigenvalue weighted by Crippen LogP contribution is -2.45. The number of carbonyl (C=O) groups is 3. The number of hydrogen-bond donors (Lipinski definition) is 0. The highest BCUT2D eigenvalue weighted by molar-refractivity contribution is 6.25. The van der Waals surface area contributed by atoms with Crippen LogP contribution in [0.4, 0.5) is 11.4 Å². The first-order valence-electron chi connectivity index (χ1n) is 9.33. The summed E-state index contributed by atoms with van der Waals surface area (Å²) < 4.78 is 5.27. The zero-order valence-corrected chi connectivity index (χ0v) is 16.2. The molecule has 6 heteroatoms. The van der Waals surface area contributed by atoms with E-state index in [9.17, 15) is 14.4 Å². The summed E-state index contributed by atoms with van der Waals surface area (Å²) in [5.74, 6) is -1.12. The maximum Gasteiger partial charge on any atom is 0.294 e. The molecule has 6 nitrogen and oxygen atoms in total. The number of aryl methyl sites for hydroxylation is 2. The first-order chi connectivity index (χ1) is 14.0. The molecular weight excluding hydrogens is 368 g/mol. The molecule has 4 rings (SSSR count). The van der Waals surface area contributed by atoms with E-state index in [-0.39, 0.29) is 18.1 Å². The number of benzene rings is 2. The molecule has 1 fully saturated rings. The van der Waals surface area contributed by atoms with Gasteiger partial charge in [-0.2, -0.15) is 0 Å². The van der Waals surface area contributed by atoms with E-state index in [0.29, 0.717) is 11.4 Å². The van der Waals surface area contributed by atoms with E-state index in [2.05, 4.69) is 0 Å². The maximum absolute atomic E-state index is 13.2. The fraction of sp³-hybridized carbons (Fsp3) is 0.174. The van der Waals surface area contributed by atoms with E-state index in [0.717, 1.165) is 16.0 Å². The molecule has 29 heavy (non-hydrogen) atoms. The minimum atomic E-state index is -0.941. The standard InChI is InChI=1S/C23H20N2O4/c1-15-5-9-17(10-6-15)24(23(28)20-4-3-13-29-20)19-14-21(26)25(22(19)27)18-11-7-16(2)8-12-18/h3-13,19H,14H2,1-2H3/t19-/m1/s1. The van der Waals surface area contributed by atoms with Crippen molar-refractivity contribution in [2.45, 2.75) is 26.3 Å². The molecule has 3 aromatic rings. The predicted molar refractivity (Wildman–Crippen MR) is 109 cm³/mol. The van der Waals surface area contributed by atoms with Crippen LogP contribution in [0.15, 0.2) is 71.3 Å². The molecule has 1 saturated heterocycles. The molecule has 1 aliphatic rings. The summed E-state index contributed by atoms with van der Waals surface area (Å²) in [6, 6.07) is 16.6. The van der Waals surface area contributed by atoms with E-state index in [1.165, 1.54) is 11.2 Å². The van der Waals surface area contributed by atoms with Gasteiger partial charge < -0.3 is 4.42 Å². The number of carbonyl (C=O) groups excluding carboxylic acids is 3. The van der Waals surface area contributed by atoms with Gasteiger partial charge in [0.05, 0.1) is 18.4 Å². The summed E-state index contributed by atoms with van der Waals surface area (Å²) in [6.07, 6.45) is 1.31. The van der Waals surface area contributed by atoms with Crippen LogP contribution in [0.5, 0.6) is 0 Å². The van der Waals surface area contributed by atoms with Gasteiger partial charge in [-0.3, -0.25) is 19.3 Å². The number of furan rings is 1. The zero-order chi connectivity index (χ0) is 20.5. The van der Waals surface area contributed by atoms with Gasteiger partial charge in [0.15, 0.2) is 5.76 Å². The third-order valence-electron chi connectivity index (χ3n) is 4.99. The number of nitrogens with zero attached hydrogens (tertiary/aromatic N) is 2. The monoisotopic (exact) mass is 388 g/mol. The van der Waals surface area contributed by atoms with Crippen molar-refractivity contribution in [3.8, 4) is 0 Å². The van der Waals surface area contributed by atoms with Gasteiger partial charge in [0, 0.05) is 5.69 Å². The van der Waals surface area contributed by atoms with Crippen molar-refractivity contribution < 1.29 is 18.8 Å². The Kier molecular flexibility index (Phi) is 4.76. The maximum atomic E-state index is 13.2. The third kappa shape index (κ3) is 3.45. The van der Waals surface area contributed by atoms with Crippen molar-refractivity contribution in [1.82, 2.24) is 0 Å². The van der Waals surface area contributed by atoms with Gasteiger partial charge in [0.25, 0.3) is 11.8 Å². The van der Waals surface area contributed by atoms with Gasteiger partial charge in [-0.25, -0.2) is 4.90 Å². The Balaban J connectivity index is 1.73. The number of anilines is 2. The van der Waals surface area contributed by atoms with Crippen LogP contribution >= 0.6 is 0 Å².